The summed E-state index contributed by atoms with van der Waals surface area (Å²) in [5, 5.41) is 20.6. The lowest BCUT2D eigenvalue weighted by Gasteiger charge is -2.35. The van der Waals surface area contributed by atoms with Crippen LogP contribution in [0.2, 0.25) is 0 Å². The highest BCUT2D eigenvalue weighted by Gasteiger charge is 2.53. The van der Waals surface area contributed by atoms with Crippen molar-refractivity contribution in [1.82, 2.24) is 19.1 Å². The van der Waals surface area contributed by atoms with E-state index in [4.69, 9.17) is 23.5 Å². The van der Waals surface area contributed by atoms with Crippen LogP contribution in [0.4, 0.5) is 0 Å². The molecule has 12 atom stereocenters. The first kappa shape index (κ1) is 41.4. The van der Waals surface area contributed by atoms with Crippen molar-refractivity contribution in [1.29, 1.82) is 0 Å². The molecule has 3 fully saturated rings. The maximum absolute atomic E-state index is 12.6. The van der Waals surface area contributed by atoms with Crippen LogP contribution >= 0.6 is 23.5 Å². The minimum atomic E-state index is -6.33. The van der Waals surface area contributed by atoms with Crippen LogP contribution in [-0.4, -0.2) is 97.7 Å². The van der Waals surface area contributed by atoms with Gasteiger partial charge < -0.3 is 52.9 Å². The zero-order valence-electron chi connectivity index (χ0n) is 27.9. The van der Waals surface area contributed by atoms with Gasteiger partial charge in [-0.25, -0.2) is 18.2 Å². The highest BCUT2D eigenvalue weighted by Crippen LogP contribution is 2.63. The van der Waals surface area contributed by atoms with E-state index in [1.807, 2.05) is 17.1 Å². The van der Waals surface area contributed by atoms with E-state index in [0.29, 0.717) is 0 Å². The zero-order chi connectivity index (χ0) is 39.7. The number of hydrogen-bond donors (Lipinski definition) is 4. The van der Waals surface area contributed by atoms with Crippen LogP contribution in [0.15, 0.2) is 74.0 Å². The number of fused-ring (bicyclic) bond motifs is 1. The normalized spacial score (nSPS) is 31.0. The van der Waals surface area contributed by atoms with Crippen molar-refractivity contribution < 1.29 is 75.2 Å². The fourth-order valence-electron chi connectivity index (χ4n) is 6.01. The third-order valence-corrected chi connectivity index (χ3v) is 12.6. The molecule has 7 unspecified atom stereocenters. The molecule has 302 valence electrons. The van der Waals surface area contributed by atoms with Crippen LogP contribution in [0.3, 0.4) is 0 Å². The molecular weight excluding hydrogens is 805 g/mol. The molecule has 27 heteroatoms. The fraction of sp³-hybridized carbons (Fsp3) is 0.500. The van der Waals surface area contributed by atoms with Gasteiger partial charge in [-0.15, -0.1) is 0 Å². The summed E-state index contributed by atoms with van der Waals surface area (Å²) in [4.78, 5) is 88.4. The van der Waals surface area contributed by atoms with Crippen molar-refractivity contribution in [2.75, 3.05) is 13.2 Å². The molecule has 24 nitrogen and oxygen atoms in total. The first-order valence-corrected chi connectivity index (χ1v) is 20.5. The van der Waals surface area contributed by atoms with Gasteiger partial charge in [0.15, 0.2) is 6.29 Å². The van der Waals surface area contributed by atoms with Crippen LogP contribution in [0.5, 0.6) is 0 Å². The molecule has 2 aromatic heterocycles. The number of aromatic amines is 2. The summed E-state index contributed by atoms with van der Waals surface area (Å²) < 4.78 is 79.3. The van der Waals surface area contributed by atoms with Crippen LogP contribution in [0, 0.1) is 0 Å². The SMILES string of the molecule is O=c1ccn(C[C@@H]2O[C@H](COP(=O)([O-])OP(=O)([O-])OP(=O)([O-])OC[C@H]3O[C@@H](Cn4ccc(=O)[nH]c4=O)[C@H]4OC(Cc5ccccc5)OC34)C(O)C2O)c(=O)[nH]1. The van der Waals surface area contributed by atoms with E-state index in [1.54, 1.807) is 18.2 Å². The third-order valence-electron chi connectivity index (χ3n) is 8.47. The van der Waals surface area contributed by atoms with Gasteiger partial charge in [-0.2, -0.15) is 0 Å². The zero-order valence-corrected chi connectivity index (χ0v) is 30.6. The highest BCUT2D eigenvalue weighted by atomic mass is 31.3. The van der Waals surface area contributed by atoms with Gasteiger partial charge >= 0.3 is 11.4 Å². The van der Waals surface area contributed by atoms with E-state index in [2.05, 4.69) is 18.1 Å². The second-order valence-electron chi connectivity index (χ2n) is 12.3. The van der Waals surface area contributed by atoms with Crippen LogP contribution in [-0.2, 0) is 69.8 Å². The number of H-pyrrole nitrogens is 2. The maximum atomic E-state index is 12.6. The Labute approximate surface area is 307 Å². The number of nitrogens with one attached hydrogen (secondary N) is 2. The maximum Gasteiger partial charge on any atom is 0.328 e. The number of rotatable bonds is 16. The summed E-state index contributed by atoms with van der Waals surface area (Å²) in [6.07, 6.45) is -8.97. The Morgan fingerprint density at radius 3 is 1.65 bits per heavy atom. The average molecular weight is 837 g/mol. The van der Waals surface area contributed by atoms with Gasteiger partial charge in [0, 0.05) is 30.9 Å². The lowest BCUT2D eigenvalue weighted by molar-refractivity contribution is -0.252. The average Bonchev–Trinajstić information content (AvgIpc) is 3.73. The largest absolute Gasteiger partial charge is 0.756 e. The standard InChI is InChI=1S/C28H35N4O20P3/c33-20-6-8-31(27(37)29-20)11-16-23(35)24(36)18(47-16)13-45-53(39,40)51-55(43,44)52-54(41,42)46-14-19-26-25(49-22(50-26)10-15-4-2-1-3-5-15)17(48-19)12-32-9-7-21(34)30-28(32)38/h1-9,16-19,22-26,35-36H,10-14H2,(H,39,40)(H,41,42)(H,43,44)(H,29,33,37)(H,30,34,38)/p-3/t16-,17-,18+,19+,22?,23?,24?,25+,26?/m0/s1. The number of benzene rings is 1. The molecule has 0 spiro atoms. The number of nitrogens with zero attached hydrogens (tertiary/aromatic N) is 2. The van der Waals surface area contributed by atoms with Crippen LogP contribution in [0.1, 0.15) is 5.56 Å². The Kier molecular flexibility index (Phi) is 12.6. The molecule has 3 aliphatic rings. The minimum absolute atomic E-state index is 0.194. The van der Waals surface area contributed by atoms with Crippen LogP contribution in [0.25, 0.3) is 0 Å². The predicted octanol–water partition coefficient (Wildman–Crippen LogP) is -3.83. The first-order valence-electron chi connectivity index (χ1n) is 16.1. The van der Waals surface area contributed by atoms with E-state index in [1.165, 1.54) is 6.20 Å². The van der Waals surface area contributed by atoms with Crippen LogP contribution < -0.4 is 37.2 Å². The summed E-state index contributed by atoms with van der Waals surface area (Å²) in [5.41, 5.74) is -2.18. The molecule has 0 bridgehead atoms. The smallest absolute Gasteiger partial charge is 0.328 e. The number of phosphoric acid groups is 3. The second-order valence-corrected chi connectivity index (χ2v) is 16.9. The number of aliphatic hydroxyl groups excluding tert-OH is 2. The Balaban J connectivity index is 1.04. The van der Waals surface area contributed by atoms with Gasteiger partial charge in [-0.05, 0) is 5.56 Å². The Morgan fingerprint density at radius 2 is 1.11 bits per heavy atom. The van der Waals surface area contributed by atoms with E-state index in [0.717, 1.165) is 33.0 Å². The lowest BCUT2D eigenvalue weighted by atomic mass is 10.1. The number of phosphoric ester groups is 2. The topological polar surface area (TPSA) is 344 Å². The van der Waals surface area contributed by atoms with Gasteiger partial charge in [0.2, 0.25) is 0 Å². The highest BCUT2D eigenvalue weighted by molar-refractivity contribution is 7.65. The Morgan fingerprint density at radius 1 is 0.636 bits per heavy atom. The van der Waals surface area contributed by atoms with Crippen molar-refractivity contribution in [3.05, 3.63) is 102 Å². The predicted molar refractivity (Wildman–Crippen MR) is 173 cm³/mol. The van der Waals surface area contributed by atoms with Crippen molar-refractivity contribution >= 4 is 23.5 Å². The summed E-state index contributed by atoms with van der Waals surface area (Å²) in [6.45, 7) is -2.70. The minimum Gasteiger partial charge on any atom is -0.756 e. The molecule has 5 heterocycles. The van der Waals surface area contributed by atoms with E-state index in [9.17, 15) is 57.8 Å². The summed E-state index contributed by atoms with van der Waals surface area (Å²) >= 11 is 0. The van der Waals surface area contributed by atoms with Crippen molar-refractivity contribution in [2.45, 2.75) is 74.6 Å². The molecule has 1 aromatic carbocycles. The number of aliphatic hydroxyl groups is 2. The first-order chi connectivity index (χ1) is 25.9. The van der Waals surface area contributed by atoms with Gasteiger partial charge in [0.05, 0.1) is 26.3 Å². The van der Waals surface area contributed by atoms with Gasteiger partial charge in [-0.1, -0.05) is 30.3 Å². The van der Waals surface area contributed by atoms with E-state index in [-0.39, 0.29) is 13.0 Å². The molecule has 6 rings (SSSR count). The van der Waals surface area contributed by atoms with Gasteiger partial charge in [-0.3, -0.25) is 42.4 Å². The number of aromatic nitrogens is 4. The van der Waals surface area contributed by atoms with Crippen molar-refractivity contribution in [3.63, 3.8) is 0 Å². The summed E-state index contributed by atoms with van der Waals surface area (Å²) in [7, 11) is -18.3. The van der Waals surface area contributed by atoms with E-state index < -0.39 is 121 Å². The van der Waals surface area contributed by atoms with E-state index >= 15 is 0 Å². The van der Waals surface area contributed by atoms with Crippen molar-refractivity contribution in [3.8, 4) is 0 Å². The molecule has 0 saturated carbocycles. The molecule has 0 radical (unpaired) electrons. The summed E-state index contributed by atoms with van der Waals surface area (Å²) in [6, 6.07) is 11.1. The second kappa shape index (κ2) is 16.7. The molecular formula is C28H32N4O20P3-3. The van der Waals surface area contributed by atoms with Crippen molar-refractivity contribution in [2.24, 2.45) is 0 Å². The Hall–Kier alpha value is -3.25. The molecule has 0 amide bonds. The monoisotopic (exact) mass is 837 g/mol. The fourth-order valence-corrected chi connectivity index (χ4v) is 9.40. The number of hydrogen-bond acceptors (Lipinski definition) is 20. The summed E-state index contributed by atoms with van der Waals surface area (Å²) in [5.74, 6) is 0. The molecule has 0 aliphatic carbocycles. The van der Waals surface area contributed by atoms with Gasteiger partial charge in [0.1, 0.15) is 48.8 Å². The molecule has 55 heavy (non-hydrogen) atoms. The lowest BCUT2D eigenvalue weighted by Crippen LogP contribution is -2.38. The quantitative estimate of drug-likeness (QED) is 0.100. The Bertz CT molecular complexity index is 2210. The molecule has 3 saturated heterocycles. The third kappa shape index (κ3) is 10.6. The molecule has 3 aromatic rings. The van der Waals surface area contributed by atoms with Gasteiger partial charge in [0.25, 0.3) is 34.6 Å². The molecule has 4 N–H and O–H groups in total. The molecule has 3 aliphatic heterocycles. The number of ether oxygens (including phenoxy) is 4.